The fourth-order valence-corrected chi connectivity index (χ4v) is 2.32. The molecular formula is C14H17NOS. The SMILES string of the molecule is CCNCc1ccc(SCc2ccco2)cc1. The quantitative estimate of drug-likeness (QED) is 0.788. The predicted molar refractivity (Wildman–Crippen MR) is 72.1 cm³/mol. The molecule has 1 heterocycles. The summed E-state index contributed by atoms with van der Waals surface area (Å²) in [7, 11) is 0. The molecule has 1 N–H and O–H groups in total. The molecule has 0 aliphatic carbocycles. The topological polar surface area (TPSA) is 25.2 Å². The number of thioether (sulfide) groups is 1. The molecule has 0 bridgehead atoms. The van der Waals surface area contributed by atoms with E-state index < -0.39 is 0 Å². The highest BCUT2D eigenvalue weighted by atomic mass is 32.2. The van der Waals surface area contributed by atoms with Crippen LogP contribution in [0.5, 0.6) is 0 Å². The summed E-state index contributed by atoms with van der Waals surface area (Å²) < 4.78 is 5.30. The third kappa shape index (κ3) is 3.95. The van der Waals surface area contributed by atoms with Crippen LogP contribution in [0.2, 0.25) is 0 Å². The monoisotopic (exact) mass is 247 g/mol. The van der Waals surface area contributed by atoms with Gasteiger partial charge in [-0.1, -0.05) is 19.1 Å². The van der Waals surface area contributed by atoms with Gasteiger partial charge >= 0.3 is 0 Å². The molecule has 0 aliphatic rings. The first kappa shape index (κ1) is 12.3. The van der Waals surface area contributed by atoms with Crippen LogP contribution in [-0.2, 0) is 12.3 Å². The number of hydrogen-bond donors (Lipinski definition) is 1. The largest absolute Gasteiger partial charge is 0.468 e. The molecular weight excluding hydrogens is 230 g/mol. The minimum atomic E-state index is 0.888. The van der Waals surface area contributed by atoms with Crippen molar-refractivity contribution in [3.8, 4) is 0 Å². The van der Waals surface area contributed by atoms with Gasteiger partial charge in [-0.05, 0) is 36.4 Å². The first-order chi connectivity index (χ1) is 8.38. The highest BCUT2D eigenvalue weighted by molar-refractivity contribution is 7.98. The van der Waals surface area contributed by atoms with Gasteiger partial charge in [0.15, 0.2) is 0 Å². The van der Waals surface area contributed by atoms with E-state index in [9.17, 15) is 0 Å². The van der Waals surface area contributed by atoms with Crippen LogP contribution in [0, 0.1) is 0 Å². The van der Waals surface area contributed by atoms with Gasteiger partial charge in [0.2, 0.25) is 0 Å². The number of rotatable bonds is 6. The lowest BCUT2D eigenvalue weighted by Crippen LogP contribution is -2.11. The minimum absolute atomic E-state index is 0.888. The van der Waals surface area contributed by atoms with Gasteiger partial charge in [-0.15, -0.1) is 11.8 Å². The van der Waals surface area contributed by atoms with Crippen molar-refractivity contribution in [2.75, 3.05) is 6.54 Å². The second kappa shape index (κ2) is 6.52. The second-order valence-corrected chi connectivity index (χ2v) is 4.84. The number of hydrogen-bond acceptors (Lipinski definition) is 3. The summed E-state index contributed by atoms with van der Waals surface area (Å²) in [4.78, 5) is 1.28. The van der Waals surface area contributed by atoms with Crippen molar-refractivity contribution in [1.29, 1.82) is 0 Å². The van der Waals surface area contributed by atoms with E-state index in [0.717, 1.165) is 24.6 Å². The Morgan fingerprint density at radius 2 is 2.00 bits per heavy atom. The summed E-state index contributed by atoms with van der Waals surface area (Å²) in [5.74, 6) is 1.91. The van der Waals surface area contributed by atoms with Gasteiger partial charge in [-0.2, -0.15) is 0 Å². The minimum Gasteiger partial charge on any atom is -0.468 e. The molecule has 1 aromatic carbocycles. The first-order valence-electron chi connectivity index (χ1n) is 5.83. The van der Waals surface area contributed by atoms with Crippen molar-refractivity contribution in [2.45, 2.75) is 24.1 Å². The Morgan fingerprint density at radius 1 is 1.18 bits per heavy atom. The molecule has 0 aliphatic heterocycles. The smallest absolute Gasteiger partial charge is 0.113 e. The molecule has 3 heteroatoms. The number of furan rings is 1. The normalized spacial score (nSPS) is 10.6. The molecule has 2 aromatic rings. The fraction of sp³-hybridized carbons (Fsp3) is 0.286. The van der Waals surface area contributed by atoms with Crippen LogP contribution >= 0.6 is 11.8 Å². The van der Waals surface area contributed by atoms with E-state index in [2.05, 4.69) is 36.5 Å². The average Bonchev–Trinajstić information content (AvgIpc) is 2.88. The lowest BCUT2D eigenvalue weighted by atomic mass is 10.2. The molecule has 0 saturated carbocycles. The summed E-state index contributed by atoms with van der Waals surface area (Å²) in [5.41, 5.74) is 1.33. The lowest BCUT2D eigenvalue weighted by Gasteiger charge is -2.04. The molecule has 0 saturated heterocycles. The van der Waals surface area contributed by atoms with E-state index in [1.54, 1.807) is 18.0 Å². The Labute approximate surface area is 106 Å². The van der Waals surface area contributed by atoms with Crippen molar-refractivity contribution < 1.29 is 4.42 Å². The zero-order valence-electron chi connectivity index (χ0n) is 9.98. The molecule has 0 unspecified atom stereocenters. The summed E-state index contributed by atoms with van der Waals surface area (Å²) in [5, 5.41) is 3.32. The average molecular weight is 247 g/mol. The molecule has 2 nitrogen and oxygen atoms in total. The zero-order chi connectivity index (χ0) is 11.9. The van der Waals surface area contributed by atoms with Crippen LogP contribution in [0.25, 0.3) is 0 Å². The molecule has 2 rings (SSSR count). The molecule has 0 fully saturated rings. The Kier molecular flexibility index (Phi) is 4.71. The van der Waals surface area contributed by atoms with E-state index >= 15 is 0 Å². The Hall–Kier alpha value is -1.19. The fourth-order valence-electron chi connectivity index (χ4n) is 1.52. The third-order valence-electron chi connectivity index (χ3n) is 2.46. The third-order valence-corrected chi connectivity index (χ3v) is 3.50. The molecule has 1 aromatic heterocycles. The van der Waals surface area contributed by atoms with Crippen molar-refractivity contribution in [2.24, 2.45) is 0 Å². The summed E-state index contributed by atoms with van der Waals surface area (Å²) in [6, 6.07) is 12.6. The van der Waals surface area contributed by atoms with Gasteiger partial charge < -0.3 is 9.73 Å². The Bertz CT molecular complexity index is 422. The first-order valence-corrected chi connectivity index (χ1v) is 6.82. The van der Waals surface area contributed by atoms with Crippen LogP contribution in [0.1, 0.15) is 18.2 Å². The standard InChI is InChI=1S/C14H17NOS/c1-2-15-10-12-5-7-14(8-6-12)17-11-13-4-3-9-16-13/h3-9,15H,2,10-11H2,1H3. The molecule has 0 radical (unpaired) electrons. The van der Waals surface area contributed by atoms with Gasteiger partial charge in [-0.25, -0.2) is 0 Å². The summed E-state index contributed by atoms with van der Waals surface area (Å²) in [6.45, 7) is 4.07. The maximum absolute atomic E-state index is 5.30. The lowest BCUT2D eigenvalue weighted by molar-refractivity contribution is 0.530. The van der Waals surface area contributed by atoms with E-state index in [0.29, 0.717) is 0 Å². The molecule has 0 amide bonds. The highest BCUT2D eigenvalue weighted by Gasteiger charge is 1.98. The van der Waals surface area contributed by atoms with Crippen LogP contribution < -0.4 is 5.32 Å². The maximum Gasteiger partial charge on any atom is 0.113 e. The number of benzene rings is 1. The Balaban J connectivity index is 1.85. The van der Waals surface area contributed by atoms with E-state index in [4.69, 9.17) is 4.42 Å². The van der Waals surface area contributed by atoms with E-state index in [1.807, 2.05) is 12.1 Å². The van der Waals surface area contributed by atoms with Crippen LogP contribution in [0.15, 0.2) is 52.0 Å². The second-order valence-electron chi connectivity index (χ2n) is 3.79. The molecule has 90 valence electrons. The zero-order valence-corrected chi connectivity index (χ0v) is 10.8. The van der Waals surface area contributed by atoms with Gasteiger partial charge in [0.1, 0.15) is 5.76 Å². The van der Waals surface area contributed by atoms with E-state index in [1.165, 1.54) is 10.5 Å². The van der Waals surface area contributed by atoms with Crippen molar-refractivity contribution >= 4 is 11.8 Å². The summed E-state index contributed by atoms with van der Waals surface area (Å²) in [6.07, 6.45) is 1.72. The Morgan fingerprint density at radius 3 is 2.65 bits per heavy atom. The van der Waals surface area contributed by atoms with Crippen molar-refractivity contribution in [1.82, 2.24) is 5.32 Å². The molecule has 0 atom stereocenters. The summed E-state index contributed by atoms with van der Waals surface area (Å²) >= 11 is 1.80. The van der Waals surface area contributed by atoms with Crippen molar-refractivity contribution in [3.05, 3.63) is 54.0 Å². The maximum atomic E-state index is 5.30. The predicted octanol–water partition coefficient (Wildman–Crippen LogP) is 3.68. The van der Waals surface area contributed by atoms with Gasteiger partial charge in [0.25, 0.3) is 0 Å². The van der Waals surface area contributed by atoms with Crippen molar-refractivity contribution in [3.63, 3.8) is 0 Å². The van der Waals surface area contributed by atoms with Gasteiger partial charge in [0.05, 0.1) is 12.0 Å². The van der Waals surface area contributed by atoms with Crippen LogP contribution in [0.4, 0.5) is 0 Å². The number of nitrogens with one attached hydrogen (secondary N) is 1. The highest BCUT2D eigenvalue weighted by Crippen LogP contribution is 2.23. The van der Waals surface area contributed by atoms with E-state index in [-0.39, 0.29) is 0 Å². The van der Waals surface area contributed by atoms with Gasteiger partial charge in [0, 0.05) is 11.4 Å². The van der Waals surface area contributed by atoms with Gasteiger partial charge in [-0.3, -0.25) is 0 Å². The van der Waals surface area contributed by atoms with Crippen LogP contribution in [0.3, 0.4) is 0 Å². The molecule has 17 heavy (non-hydrogen) atoms. The molecule has 0 spiro atoms. The van der Waals surface area contributed by atoms with Crippen LogP contribution in [-0.4, -0.2) is 6.54 Å².